The summed E-state index contributed by atoms with van der Waals surface area (Å²) in [6.45, 7) is 1.54. The van der Waals surface area contributed by atoms with Crippen molar-refractivity contribution in [2.24, 2.45) is 0 Å². The summed E-state index contributed by atoms with van der Waals surface area (Å²) in [6, 6.07) is 7.06. The van der Waals surface area contributed by atoms with E-state index in [2.05, 4.69) is 5.32 Å². The number of benzene rings is 1. The fraction of sp³-hybridized carbons (Fsp3) is 0.250. The van der Waals surface area contributed by atoms with Gasteiger partial charge in [-0.2, -0.15) is 0 Å². The highest BCUT2D eigenvalue weighted by atomic mass is 35.5. The van der Waals surface area contributed by atoms with Crippen LogP contribution in [0.15, 0.2) is 45.9 Å². The van der Waals surface area contributed by atoms with Crippen LogP contribution in [0.4, 0.5) is 0 Å². The lowest BCUT2D eigenvalue weighted by molar-refractivity contribution is -0.129. The Kier molecular flexibility index (Phi) is 5.86. The van der Waals surface area contributed by atoms with Gasteiger partial charge in [-0.3, -0.25) is 4.79 Å². The van der Waals surface area contributed by atoms with Gasteiger partial charge in [0.05, 0.1) is 28.3 Å². The zero-order valence-electron chi connectivity index (χ0n) is 13.5. The third-order valence-electron chi connectivity index (χ3n) is 3.26. The van der Waals surface area contributed by atoms with Crippen molar-refractivity contribution >= 4 is 33.3 Å². The molecule has 0 bridgehead atoms. The minimum Gasteiger partial charge on any atom is -0.467 e. The molecule has 0 aliphatic rings. The van der Waals surface area contributed by atoms with Gasteiger partial charge in [0, 0.05) is 6.26 Å². The van der Waals surface area contributed by atoms with Crippen LogP contribution < -0.4 is 5.32 Å². The highest BCUT2D eigenvalue weighted by molar-refractivity contribution is 7.90. The molecule has 1 atom stereocenters. The van der Waals surface area contributed by atoms with Gasteiger partial charge in [0.1, 0.15) is 5.76 Å². The van der Waals surface area contributed by atoms with Crippen molar-refractivity contribution in [2.45, 2.75) is 24.5 Å². The number of nitrogens with one attached hydrogen (secondary N) is 1. The van der Waals surface area contributed by atoms with Crippen LogP contribution in [0.1, 0.15) is 23.0 Å². The fourth-order valence-corrected chi connectivity index (χ4v) is 2.74. The summed E-state index contributed by atoms with van der Waals surface area (Å²) in [7, 11) is -3.51. The van der Waals surface area contributed by atoms with Gasteiger partial charge in [0.2, 0.25) is 0 Å². The minimum absolute atomic E-state index is 0.0283. The molecule has 1 N–H and O–H groups in total. The summed E-state index contributed by atoms with van der Waals surface area (Å²) >= 11 is 5.92. The van der Waals surface area contributed by atoms with Crippen molar-refractivity contribution in [1.82, 2.24) is 5.32 Å². The number of halogens is 1. The second kappa shape index (κ2) is 7.71. The highest BCUT2D eigenvalue weighted by Crippen LogP contribution is 2.22. The average molecular weight is 386 g/mol. The Morgan fingerprint density at radius 3 is 2.64 bits per heavy atom. The van der Waals surface area contributed by atoms with Crippen LogP contribution in [0.5, 0.6) is 0 Å². The first kappa shape index (κ1) is 19.0. The first-order valence-corrected chi connectivity index (χ1v) is 9.46. The van der Waals surface area contributed by atoms with E-state index in [1.54, 1.807) is 12.1 Å². The number of esters is 1. The van der Waals surface area contributed by atoms with Gasteiger partial charge in [-0.25, -0.2) is 13.2 Å². The summed E-state index contributed by atoms with van der Waals surface area (Å²) in [6.07, 6.45) is 1.39. The molecule has 1 aromatic carbocycles. The molecule has 7 nitrogen and oxygen atoms in total. The smallest absolute Gasteiger partial charge is 0.340 e. The van der Waals surface area contributed by atoms with Crippen LogP contribution in [-0.4, -0.2) is 32.7 Å². The van der Waals surface area contributed by atoms with Crippen LogP contribution in [0.25, 0.3) is 0 Å². The second-order valence-corrected chi connectivity index (χ2v) is 7.68. The Morgan fingerprint density at radius 2 is 2.04 bits per heavy atom. The fourth-order valence-electron chi connectivity index (χ4n) is 1.90. The van der Waals surface area contributed by atoms with E-state index >= 15 is 0 Å². The van der Waals surface area contributed by atoms with E-state index in [1.165, 1.54) is 25.3 Å². The third-order valence-corrected chi connectivity index (χ3v) is 4.70. The number of rotatable bonds is 6. The highest BCUT2D eigenvalue weighted by Gasteiger charge is 2.22. The van der Waals surface area contributed by atoms with Crippen molar-refractivity contribution in [3.63, 3.8) is 0 Å². The zero-order chi connectivity index (χ0) is 18.6. The number of hydrogen-bond donors (Lipinski definition) is 1. The third kappa shape index (κ3) is 5.07. The summed E-state index contributed by atoms with van der Waals surface area (Å²) in [5.74, 6) is -0.868. The van der Waals surface area contributed by atoms with E-state index < -0.39 is 27.8 Å². The van der Waals surface area contributed by atoms with Crippen LogP contribution in [0.3, 0.4) is 0 Å². The largest absolute Gasteiger partial charge is 0.467 e. The molecule has 1 amide bonds. The van der Waals surface area contributed by atoms with Crippen molar-refractivity contribution in [3.8, 4) is 0 Å². The normalized spacial score (nSPS) is 12.4. The Bertz CT molecular complexity index is 876. The molecular formula is C16H16ClNO6S. The van der Waals surface area contributed by atoms with Gasteiger partial charge in [-0.1, -0.05) is 11.6 Å². The molecule has 25 heavy (non-hydrogen) atoms. The predicted octanol–water partition coefficient (Wildman–Crippen LogP) is 2.20. The number of amides is 1. The molecule has 0 radical (unpaired) electrons. The van der Waals surface area contributed by atoms with Crippen LogP contribution in [0.2, 0.25) is 5.02 Å². The molecule has 2 rings (SSSR count). The number of ether oxygens (including phenoxy) is 1. The van der Waals surface area contributed by atoms with Gasteiger partial charge in [0.15, 0.2) is 15.9 Å². The molecule has 0 spiro atoms. The zero-order valence-corrected chi connectivity index (χ0v) is 15.1. The maximum Gasteiger partial charge on any atom is 0.340 e. The summed E-state index contributed by atoms with van der Waals surface area (Å²) < 4.78 is 33.3. The van der Waals surface area contributed by atoms with Crippen molar-refractivity contribution < 1.29 is 27.2 Å². The number of hydrogen-bond acceptors (Lipinski definition) is 6. The monoisotopic (exact) mass is 385 g/mol. The molecule has 1 heterocycles. The summed E-state index contributed by atoms with van der Waals surface area (Å²) in [4.78, 5) is 24.1. The molecule has 0 aliphatic heterocycles. The molecule has 9 heteroatoms. The lowest BCUT2D eigenvalue weighted by Crippen LogP contribution is -2.35. The van der Waals surface area contributed by atoms with Gasteiger partial charge >= 0.3 is 5.97 Å². The summed E-state index contributed by atoms with van der Waals surface area (Å²) in [5, 5.41) is 2.58. The first-order chi connectivity index (χ1) is 11.7. The Labute approximate surface area is 149 Å². The number of furan rings is 1. The molecule has 0 saturated carbocycles. The average Bonchev–Trinajstić information content (AvgIpc) is 3.05. The van der Waals surface area contributed by atoms with E-state index in [1.807, 2.05) is 0 Å². The van der Waals surface area contributed by atoms with Crippen LogP contribution in [0, 0.1) is 0 Å². The Balaban J connectivity index is 2.04. The van der Waals surface area contributed by atoms with E-state index in [0.717, 1.165) is 12.3 Å². The topological polar surface area (TPSA) is 103 Å². The first-order valence-electron chi connectivity index (χ1n) is 7.19. The molecule has 2 aromatic rings. The van der Waals surface area contributed by atoms with E-state index in [-0.39, 0.29) is 22.0 Å². The van der Waals surface area contributed by atoms with Gasteiger partial charge < -0.3 is 14.5 Å². The quantitative estimate of drug-likeness (QED) is 0.764. The number of carbonyl (C=O) groups is 2. The van der Waals surface area contributed by atoms with Crippen molar-refractivity contribution in [3.05, 3.63) is 52.9 Å². The van der Waals surface area contributed by atoms with E-state index in [0.29, 0.717) is 5.76 Å². The molecule has 0 saturated heterocycles. The predicted molar refractivity (Wildman–Crippen MR) is 90.0 cm³/mol. The molecule has 0 unspecified atom stereocenters. The molecule has 134 valence electrons. The van der Waals surface area contributed by atoms with Crippen molar-refractivity contribution in [2.75, 3.05) is 6.26 Å². The maximum atomic E-state index is 12.2. The lowest BCUT2D eigenvalue weighted by atomic mass is 10.2. The SMILES string of the molecule is C[C@@H](OC(=O)c1cc(S(C)(=O)=O)ccc1Cl)C(=O)NCc1ccco1. The molecule has 1 aromatic heterocycles. The lowest BCUT2D eigenvalue weighted by Gasteiger charge is -2.14. The van der Waals surface area contributed by atoms with Crippen LogP contribution in [-0.2, 0) is 25.9 Å². The molecular weight excluding hydrogens is 370 g/mol. The number of carbonyl (C=O) groups excluding carboxylic acids is 2. The second-order valence-electron chi connectivity index (χ2n) is 5.26. The minimum atomic E-state index is -3.51. The van der Waals surface area contributed by atoms with E-state index in [4.69, 9.17) is 20.8 Å². The Morgan fingerprint density at radius 1 is 1.32 bits per heavy atom. The standard InChI is InChI=1S/C16H16ClNO6S/c1-10(15(19)18-9-11-4-3-7-23-11)24-16(20)13-8-12(25(2,21)22)5-6-14(13)17/h3-8,10H,9H2,1-2H3,(H,18,19)/t10-/m1/s1. The van der Waals surface area contributed by atoms with Crippen molar-refractivity contribution in [1.29, 1.82) is 0 Å². The maximum absolute atomic E-state index is 12.2. The summed E-state index contributed by atoms with van der Waals surface area (Å²) in [5.41, 5.74) is -0.129. The van der Waals surface area contributed by atoms with E-state index in [9.17, 15) is 18.0 Å². The molecule has 0 aliphatic carbocycles. The number of sulfone groups is 1. The molecule has 0 fully saturated rings. The van der Waals surface area contributed by atoms with Gasteiger partial charge in [-0.15, -0.1) is 0 Å². The van der Waals surface area contributed by atoms with Gasteiger partial charge in [-0.05, 0) is 37.3 Å². The Hall–Kier alpha value is -2.32. The van der Waals surface area contributed by atoms with Crippen LogP contribution >= 0.6 is 11.6 Å². The van der Waals surface area contributed by atoms with Gasteiger partial charge in [0.25, 0.3) is 5.91 Å².